The highest BCUT2D eigenvalue weighted by molar-refractivity contribution is 4.99. The van der Waals surface area contributed by atoms with E-state index >= 15 is 0 Å². The Kier molecular flexibility index (Phi) is 6.10. The predicted octanol–water partition coefficient (Wildman–Crippen LogP) is 3.71. The van der Waals surface area contributed by atoms with Crippen LogP contribution in [0.25, 0.3) is 0 Å². The Balaban J connectivity index is 3.71. The summed E-state index contributed by atoms with van der Waals surface area (Å²) in [6.45, 7) is 15.4. The van der Waals surface area contributed by atoms with Gasteiger partial charge in [0.15, 0.2) is 0 Å². The van der Waals surface area contributed by atoms with Crippen LogP contribution in [-0.4, -0.2) is 25.0 Å². The average molecular weight is 197 g/mol. The van der Waals surface area contributed by atoms with Crippen molar-refractivity contribution < 1.29 is 0 Å². The smallest absolute Gasteiger partial charge is 0.0187 e. The fourth-order valence-corrected chi connectivity index (χ4v) is 1.69. The lowest BCUT2D eigenvalue weighted by Gasteiger charge is -2.23. The second-order valence-electron chi connectivity index (χ2n) is 5.58. The SMILES string of the molecule is C=C(CN(C)CCCC)CC(C)(C)C. The number of nitrogens with zero attached hydrogens (tertiary/aromatic N) is 1. The lowest BCUT2D eigenvalue weighted by Crippen LogP contribution is -2.23. The summed E-state index contributed by atoms with van der Waals surface area (Å²) >= 11 is 0. The van der Waals surface area contributed by atoms with Gasteiger partial charge in [-0.3, -0.25) is 0 Å². The van der Waals surface area contributed by atoms with Crippen LogP contribution in [-0.2, 0) is 0 Å². The molecule has 84 valence electrons. The van der Waals surface area contributed by atoms with E-state index in [0.29, 0.717) is 5.41 Å². The number of likely N-dealkylation sites (N-methyl/N-ethyl adjacent to an activating group) is 1. The van der Waals surface area contributed by atoms with Crippen molar-refractivity contribution in [3.05, 3.63) is 12.2 Å². The van der Waals surface area contributed by atoms with Gasteiger partial charge >= 0.3 is 0 Å². The van der Waals surface area contributed by atoms with Crippen molar-refractivity contribution in [3.8, 4) is 0 Å². The van der Waals surface area contributed by atoms with Crippen LogP contribution in [0.1, 0.15) is 47.0 Å². The molecular weight excluding hydrogens is 170 g/mol. The molecule has 0 rings (SSSR count). The summed E-state index contributed by atoms with van der Waals surface area (Å²) in [7, 11) is 2.18. The minimum absolute atomic E-state index is 0.378. The molecule has 0 saturated heterocycles. The third-order valence-electron chi connectivity index (χ3n) is 2.17. The van der Waals surface area contributed by atoms with Crippen molar-refractivity contribution >= 4 is 0 Å². The lowest BCUT2D eigenvalue weighted by molar-refractivity contribution is 0.331. The van der Waals surface area contributed by atoms with Crippen LogP contribution < -0.4 is 0 Å². The van der Waals surface area contributed by atoms with Crippen LogP contribution in [0.3, 0.4) is 0 Å². The van der Waals surface area contributed by atoms with Crippen molar-refractivity contribution in [2.24, 2.45) is 5.41 Å². The van der Waals surface area contributed by atoms with Crippen molar-refractivity contribution in [2.45, 2.75) is 47.0 Å². The normalized spacial score (nSPS) is 12.1. The minimum atomic E-state index is 0.378. The second kappa shape index (κ2) is 6.23. The van der Waals surface area contributed by atoms with E-state index in [1.54, 1.807) is 0 Å². The molecule has 0 N–H and O–H groups in total. The van der Waals surface area contributed by atoms with Crippen molar-refractivity contribution in [1.82, 2.24) is 4.90 Å². The molecule has 0 aromatic rings. The first-order valence-electron chi connectivity index (χ1n) is 5.70. The summed E-state index contributed by atoms with van der Waals surface area (Å²) in [6, 6.07) is 0. The Morgan fingerprint density at radius 1 is 1.29 bits per heavy atom. The van der Waals surface area contributed by atoms with Gasteiger partial charge in [0, 0.05) is 6.54 Å². The van der Waals surface area contributed by atoms with Crippen LogP contribution in [0.2, 0.25) is 0 Å². The zero-order chi connectivity index (χ0) is 11.2. The van der Waals surface area contributed by atoms with E-state index < -0.39 is 0 Å². The molecule has 0 amide bonds. The van der Waals surface area contributed by atoms with E-state index in [4.69, 9.17) is 0 Å². The van der Waals surface area contributed by atoms with E-state index in [2.05, 4.69) is 46.2 Å². The van der Waals surface area contributed by atoms with E-state index in [-0.39, 0.29) is 0 Å². The minimum Gasteiger partial charge on any atom is -0.302 e. The topological polar surface area (TPSA) is 3.24 Å². The fraction of sp³-hybridized carbons (Fsp3) is 0.846. The van der Waals surface area contributed by atoms with Crippen molar-refractivity contribution in [2.75, 3.05) is 20.1 Å². The molecule has 1 nitrogen and oxygen atoms in total. The summed E-state index contributed by atoms with van der Waals surface area (Å²) in [5.74, 6) is 0. The molecule has 0 heterocycles. The van der Waals surface area contributed by atoms with Gasteiger partial charge in [-0.05, 0) is 31.8 Å². The van der Waals surface area contributed by atoms with Gasteiger partial charge in [0.05, 0.1) is 0 Å². The van der Waals surface area contributed by atoms with E-state index in [9.17, 15) is 0 Å². The molecule has 0 aliphatic rings. The summed E-state index contributed by atoms with van der Waals surface area (Å²) in [5, 5.41) is 0. The van der Waals surface area contributed by atoms with Gasteiger partial charge in [-0.25, -0.2) is 0 Å². The van der Waals surface area contributed by atoms with Crippen LogP contribution in [0.5, 0.6) is 0 Å². The van der Waals surface area contributed by atoms with Gasteiger partial charge in [0.2, 0.25) is 0 Å². The zero-order valence-corrected chi connectivity index (χ0v) is 10.7. The maximum Gasteiger partial charge on any atom is 0.0187 e. The molecular formula is C13H27N. The summed E-state index contributed by atoms with van der Waals surface area (Å²) in [4.78, 5) is 2.37. The third-order valence-corrected chi connectivity index (χ3v) is 2.17. The van der Waals surface area contributed by atoms with Gasteiger partial charge in [-0.15, -0.1) is 0 Å². The van der Waals surface area contributed by atoms with Gasteiger partial charge in [-0.1, -0.05) is 46.3 Å². The molecule has 0 fully saturated rings. The fourth-order valence-electron chi connectivity index (χ4n) is 1.69. The molecule has 0 aliphatic heterocycles. The summed E-state index contributed by atoms with van der Waals surface area (Å²) in [6.07, 6.45) is 3.69. The highest BCUT2D eigenvalue weighted by atomic mass is 15.1. The number of hydrogen-bond donors (Lipinski definition) is 0. The van der Waals surface area contributed by atoms with Crippen LogP contribution in [0, 0.1) is 5.41 Å². The van der Waals surface area contributed by atoms with Gasteiger partial charge in [-0.2, -0.15) is 0 Å². The monoisotopic (exact) mass is 197 g/mol. The van der Waals surface area contributed by atoms with E-state index in [1.807, 2.05) is 0 Å². The molecule has 0 aliphatic carbocycles. The Morgan fingerprint density at radius 3 is 2.29 bits per heavy atom. The maximum atomic E-state index is 4.15. The van der Waals surface area contributed by atoms with E-state index in [0.717, 1.165) is 13.0 Å². The first kappa shape index (κ1) is 13.7. The first-order valence-corrected chi connectivity index (χ1v) is 5.70. The number of rotatable bonds is 6. The maximum absolute atomic E-state index is 4.15. The Bertz CT molecular complexity index is 165. The zero-order valence-electron chi connectivity index (χ0n) is 10.7. The Hall–Kier alpha value is -0.300. The summed E-state index contributed by atoms with van der Waals surface area (Å²) < 4.78 is 0. The molecule has 0 atom stereocenters. The highest BCUT2D eigenvalue weighted by Crippen LogP contribution is 2.23. The third kappa shape index (κ3) is 8.31. The van der Waals surface area contributed by atoms with Gasteiger partial charge < -0.3 is 4.90 Å². The quantitative estimate of drug-likeness (QED) is 0.587. The van der Waals surface area contributed by atoms with Gasteiger partial charge in [0.25, 0.3) is 0 Å². The highest BCUT2D eigenvalue weighted by Gasteiger charge is 2.12. The molecule has 0 unspecified atom stereocenters. The molecule has 0 saturated carbocycles. The first-order chi connectivity index (χ1) is 6.35. The number of unbranched alkanes of at least 4 members (excludes halogenated alkanes) is 1. The Labute approximate surface area is 90.2 Å². The molecule has 1 heteroatoms. The molecule has 0 bridgehead atoms. The van der Waals surface area contributed by atoms with Crippen LogP contribution in [0.4, 0.5) is 0 Å². The van der Waals surface area contributed by atoms with Gasteiger partial charge in [0.1, 0.15) is 0 Å². The molecule has 0 spiro atoms. The molecule has 0 radical (unpaired) electrons. The standard InChI is InChI=1S/C13H27N/c1-7-8-9-14(6)11-12(2)10-13(3,4)5/h2,7-11H2,1,3-6H3. The van der Waals surface area contributed by atoms with E-state index in [1.165, 1.54) is 25.0 Å². The van der Waals surface area contributed by atoms with Crippen molar-refractivity contribution in [1.29, 1.82) is 0 Å². The predicted molar refractivity (Wildman–Crippen MR) is 65.6 cm³/mol. The van der Waals surface area contributed by atoms with Crippen LogP contribution in [0.15, 0.2) is 12.2 Å². The molecule has 14 heavy (non-hydrogen) atoms. The lowest BCUT2D eigenvalue weighted by atomic mass is 9.88. The Morgan fingerprint density at radius 2 is 1.86 bits per heavy atom. The van der Waals surface area contributed by atoms with Crippen molar-refractivity contribution in [3.63, 3.8) is 0 Å². The summed E-state index contributed by atoms with van der Waals surface area (Å²) in [5.41, 5.74) is 1.74. The second-order valence-corrected chi connectivity index (χ2v) is 5.58. The largest absolute Gasteiger partial charge is 0.302 e. The average Bonchev–Trinajstić information content (AvgIpc) is 1.96. The van der Waals surface area contributed by atoms with Crippen LogP contribution >= 0.6 is 0 Å². The number of hydrogen-bond acceptors (Lipinski definition) is 1. The molecule has 0 aromatic carbocycles. The molecule has 0 aromatic heterocycles.